The molecule has 0 unspecified atom stereocenters. The lowest BCUT2D eigenvalue weighted by atomic mass is 10.3. The predicted octanol–water partition coefficient (Wildman–Crippen LogP) is 4.33. The Labute approximate surface area is 155 Å². The van der Waals surface area contributed by atoms with Gasteiger partial charge in [0.25, 0.3) is 5.91 Å². The largest absolute Gasteiger partial charge is 0.447 e. The summed E-state index contributed by atoms with van der Waals surface area (Å²) in [5.41, 5.74) is 0.178. The lowest BCUT2D eigenvalue weighted by Gasteiger charge is -2.14. The molecule has 0 aliphatic heterocycles. The van der Waals surface area contributed by atoms with Crippen LogP contribution in [0, 0.1) is 10.1 Å². The van der Waals surface area contributed by atoms with Crippen molar-refractivity contribution in [3.05, 3.63) is 55.2 Å². The van der Waals surface area contributed by atoms with Gasteiger partial charge in [-0.1, -0.05) is 34.8 Å². The Bertz CT molecular complexity index is 851. The van der Waals surface area contributed by atoms with Crippen LogP contribution in [0.25, 0.3) is 0 Å². The summed E-state index contributed by atoms with van der Waals surface area (Å²) < 4.78 is 9.58. The van der Waals surface area contributed by atoms with E-state index in [1.165, 1.54) is 19.1 Å². The maximum Gasteiger partial charge on any atom is 0.433 e. The maximum atomic E-state index is 12.1. The number of furan rings is 1. The molecule has 1 atom stereocenters. The van der Waals surface area contributed by atoms with Crippen LogP contribution in [0.2, 0.25) is 15.1 Å². The van der Waals surface area contributed by atoms with Gasteiger partial charge < -0.3 is 14.5 Å². The Kier molecular flexibility index (Phi) is 5.89. The summed E-state index contributed by atoms with van der Waals surface area (Å²) in [6, 6.07) is 4.76. The highest BCUT2D eigenvalue weighted by Gasteiger charge is 2.24. The molecule has 2 aromatic rings. The molecule has 8 nitrogen and oxygen atoms in total. The van der Waals surface area contributed by atoms with Gasteiger partial charge in [0.1, 0.15) is 4.92 Å². The van der Waals surface area contributed by atoms with Gasteiger partial charge in [-0.05, 0) is 25.1 Å². The highest BCUT2D eigenvalue weighted by atomic mass is 35.5. The minimum Gasteiger partial charge on any atom is -0.447 e. The molecule has 1 aromatic heterocycles. The van der Waals surface area contributed by atoms with E-state index in [0.717, 1.165) is 12.1 Å². The molecule has 0 fully saturated rings. The Hall–Kier alpha value is -2.29. The van der Waals surface area contributed by atoms with Gasteiger partial charge in [-0.3, -0.25) is 14.9 Å². The second kappa shape index (κ2) is 7.73. The number of halogens is 3. The van der Waals surface area contributed by atoms with Crippen molar-refractivity contribution < 1.29 is 23.7 Å². The number of nitrogens with one attached hydrogen (secondary N) is 1. The van der Waals surface area contributed by atoms with Gasteiger partial charge in [0.2, 0.25) is 5.76 Å². The highest BCUT2D eigenvalue weighted by molar-refractivity contribution is 6.44. The molecule has 0 bridgehead atoms. The topological polar surface area (TPSA) is 112 Å². The fourth-order valence-corrected chi connectivity index (χ4v) is 2.25. The Morgan fingerprint density at radius 1 is 1.20 bits per heavy atom. The van der Waals surface area contributed by atoms with E-state index in [1.54, 1.807) is 0 Å². The summed E-state index contributed by atoms with van der Waals surface area (Å²) in [5.74, 6) is -2.75. The van der Waals surface area contributed by atoms with E-state index in [4.69, 9.17) is 44.0 Å². The first-order chi connectivity index (χ1) is 11.7. The number of nitro groups is 1. The lowest BCUT2D eigenvalue weighted by Crippen LogP contribution is -2.30. The van der Waals surface area contributed by atoms with Crippen molar-refractivity contribution in [2.75, 3.05) is 5.32 Å². The number of amides is 1. The molecule has 2 rings (SSSR count). The van der Waals surface area contributed by atoms with Crippen LogP contribution in [0.1, 0.15) is 17.5 Å². The number of rotatable bonds is 5. The first kappa shape index (κ1) is 19.0. The number of ether oxygens (including phenoxy) is 1. The summed E-state index contributed by atoms with van der Waals surface area (Å²) >= 11 is 17.6. The third-order valence-electron chi connectivity index (χ3n) is 2.89. The Balaban J connectivity index is 2.03. The molecule has 0 saturated heterocycles. The lowest BCUT2D eigenvalue weighted by molar-refractivity contribution is -0.402. The van der Waals surface area contributed by atoms with E-state index in [1.807, 2.05) is 0 Å². The van der Waals surface area contributed by atoms with Crippen molar-refractivity contribution in [3.8, 4) is 0 Å². The Morgan fingerprint density at radius 3 is 2.44 bits per heavy atom. The van der Waals surface area contributed by atoms with Gasteiger partial charge >= 0.3 is 11.9 Å². The van der Waals surface area contributed by atoms with Crippen LogP contribution in [0.15, 0.2) is 28.7 Å². The van der Waals surface area contributed by atoms with Crippen LogP contribution < -0.4 is 5.32 Å². The number of carbonyl (C=O) groups excluding carboxylic acids is 2. The van der Waals surface area contributed by atoms with Gasteiger partial charge in [-0.25, -0.2) is 4.79 Å². The van der Waals surface area contributed by atoms with E-state index in [-0.39, 0.29) is 20.8 Å². The van der Waals surface area contributed by atoms with Gasteiger partial charge in [-0.15, -0.1) is 0 Å². The second-order valence-corrected chi connectivity index (χ2v) is 5.90. The van der Waals surface area contributed by atoms with Crippen LogP contribution in [-0.4, -0.2) is 22.9 Å². The van der Waals surface area contributed by atoms with Crippen molar-refractivity contribution in [1.82, 2.24) is 0 Å². The summed E-state index contributed by atoms with van der Waals surface area (Å²) in [4.78, 5) is 33.6. The molecule has 0 saturated carbocycles. The predicted molar refractivity (Wildman–Crippen MR) is 90.3 cm³/mol. The average molecular weight is 408 g/mol. The summed E-state index contributed by atoms with van der Waals surface area (Å²) in [5, 5.41) is 13.5. The molecule has 25 heavy (non-hydrogen) atoms. The van der Waals surface area contributed by atoms with Crippen molar-refractivity contribution in [3.63, 3.8) is 0 Å². The van der Waals surface area contributed by atoms with Crippen LogP contribution in [0.5, 0.6) is 0 Å². The molecule has 11 heteroatoms. The minimum absolute atomic E-state index is 0.142. The summed E-state index contributed by atoms with van der Waals surface area (Å²) in [6.45, 7) is 1.30. The molecule has 0 radical (unpaired) electrons. The molecular formula is C14H9Cl3N2O6. The summed E-state index contributed by atoms with van der Waals surface area (Å²) in [6.07, 6.45) is -1.23. The fraction of sp³-hybridized carbons (Fsp3) is 0.143. The quantitative estimate of drug-likeness (QED) is 0.342. The zero-order valence-electron chi connectivity index (χ0n) is 12.4. The average Bonchev–Trinajstić information content (AvgIpc) is 3.02. The van der Waals surface area contributed by atoms with E-state index >= 15 is 0 Å². The SMILES string of the molecule is C[C@H](OC(=O)c1ccc([N+](=O)[O-])o1)C(=O)Nc1cc(Cl)c(Cl)cc1Cl. The first-order valence-electron chi connectivity index (χ1n) is 6.59. The minimum atomic E-state index is -1.23. The first-order valence-corrected chi connectivity index (χ1v) is 7.73. The highest BCUT2D eigenvalue weighted by Crippen LogP contribution is 2.32. The van der Waals surface area contributed by atoms with E-state index in [2.05, 4.69) is 5.32 Å². The van der Waals surface area contributed by atoms with E-state index in [0.29, 0.717) is 0 Å². The van der Waals surface area contributed by atoms with Gasteiger partial charge in [0.05, 0.1) is 26.8 Å². The van der Waals surface area contributed by atoms with Crippen molar-refractivity contribution in [2.24, 2.45) is 0 Å². The van der Waals surface area contributed by atoms with E-state index < -0.39 is 34.5 Å². The van der Waals surface area contributed by atoms with Gasteiger partial charge in [0, 0.05) is 0 Å². The molecular weight excluding hydrogens is 399 g/mol. The monoisotopic (exact) mass is 406 g/mol. The zero-order chi connectivity index (χ0) is 18.7. The fourth-order valence-electron chi connectivity index (χ4n) is 1.66. The molecule has 0 aliphatic carbocycles. The van der Waals surface area contributed by atoms with Gasteiger partial charge in [0.15, 0.2) is 6.10 Å². The molecule has 1 amide bonds. The molecule has 1 aromatic carbocycles. The van der Waals surface area contributed by atoms with Crippen LogP contribution >= 0.6 is 34.8 Å². The number of benzene rings is 1. The number of esters is 1. The number of carbonyl (C=O) groups is 2. The van der Waals surface area contributed by atoms with Crippen LogP contribution in [-0.2, 0) is 9.53 Å². The van der Waals surface area contributed by atoms with E-state index in [9.17, 15) is 19.7 Å². The molecule has 0 spiro atoms. The third-order valence-corrected chi connectivity index (χ3v) is 3.93. The standard InChI is InChI=1S/C14H9Cl3N2O6/c1-6(24-14(21)11-2-3-12(25-11)19(22)23)13(20)18-10-5-8(16)7(15)4-9(10)17/h2-6H,1H3,(H,18,20)/t6-/m0/s1. The van der Waals surface area contributed by atoms with Crippen molar-refractivity contribution in [1.29, 1.82) is 0 Å². The number of hydrogen-bond donors (Lipinski definition) is 1. The number of anilines is 1. The summed E-state index contributed by atoms with van der Waals surface area (Å²) in [7, 11) is 0. The smallest absolute Gasteiger partial charge is 0.433 e. The molecule has 1 heterocycles. The third kappa shape index (κ3) is 4.62. The van der Waals surface area contributed by atoms with Crippen molar-refractivity contribution >= 4 is 58.3 Å². The van der Waals surface area contributed by atoms with Crippen LogP contribution in [0.4, 0.5) is 11.6 Å². The van der Waals surface area contributed by atoms with Crippen LogP contribution in [0.3, 0.4) is 0 Å². The van der Waals surface area contributed by atoms with Crippen molar-refractivity contribution in [2.45, 2.75) is 13.0 Å². The zero-order valence-corrected chi connectivity index (χ0v) is 14.7. The van der Waals surface area contributed by atoms with Gasteiger partial charge in [-0.2, -0.15) is 0 Å². The Morgan fingerprint density at radius 2 is 1.84 bits per heavy atom. The maximum absolute atomic E-state index is 12.1. The number of hydrogen-bond acceptors (Lipinski definition) is 6. The molecule has 1 N–H and O–H groups in total. The molecule has 0 aliphatic rings. The normalized spacial score (nSPS) is 11.7. The second-order valence-electron chi connectivity index (χ2n) is 4.68. The molecule has 132 valence electrons. The number of nitrogens with zero attached hydrogens (tertiary/aromatic N) is 1.